The molecule has 2 unspecified atom stereocenters. The average Bonchev–Trinajstić information content (AvgIpc) is 3.91. The highest BCUT2D eigenvalue weighted by molar-refractivity contribution is 5.89. The number of carbonyl (C=O) groups excluding carboxylic acids is 2. The third-order valence-electron chi connectivity index (χ3n) is 7.81. The number of aromatic amines is 1. The number of hydrogen-bond acceptors (Lipinski definition) is 11. The zero-order valence-corrected chi connectivity index (χ0v) is 24.0. The molecule has 2 amide bonds. The molecule has 0 aliphatic carbocycles. The Kier molecular flexibility index (Phi) is 7.77. The number of H-pyrrole nitrogens is 1. The number of nitrogen functional groups attached to an aromatic ring is 2. The van der Waals surface area contributed by atoms with Crippen LogP contribution in [0.3, 0.4) is 0 Å². The van der Waals surface area contributed by atoms with E-state index in [-0.39, 0.29) is 29.7 Å². The third kappa shape index (κ3) is 5.72. The molecule has 7 heterocycles. The summed E-state index contributed by atoms with van der Waals surface area (Å²) in [7, 11) is 0. The van der Waals surface area contributed by atoms with Crippen molar-refractivity contribution in [2.24, 2.45) is 11.8 Å². The predicted molar refractivity (Wildman–Crippen MR) is 162 cm³/mol. The Morgan fingerprint density at radius 3 is 1.96 bits per heavy atom. The number of nitrogens with two attached hydrogens (primary N) is 2. The van der Waals surface area contributed by atoms with Crippen LogP contribution in [0.4, 0.5) is 21.1 Å². The van der Waals surface area contributed by atoms with Gasteiger partial charge in [-0.25, -0.2) is 24.5 Å². The van der Waals surface area contributed by atoms with Gasteiger partial charge in [0, 0.05) is 73.2 Å². The lowest BCUT2D eigenvalue weighted by Gasteiger charge is -2.14. The van der Waals surface area contributed by atoms with E-state index < -0.39 is 0 Å². The number of pyridine rings is 2. The van der Waals surface area contributed by atoms with Gasteiger partial charge in [-0.15, -0.1) is 0 Å². The third-order valence-corrected chi connectivity index (χ3v) is 7.81. The van der Waals surface area contributed by atoms with E-state index in [1.165, 1.54) is 9.36 Å². The molecule has 226 valence electrons. The van der Waals surface area contributed by atoms with Gasteiger partial charge in [-0.1, -0.05) is 0 Å². The highest BCUT2D eigenvalue weighted by atomic mass is 16.2. The van der Waals surface area contributed by atoms with E-state index in [2.05, 4.69) is 42.3 Å². The summed E-state index contributed by atoms with van der Waals surface area (Å²) in [5, 5.41) is 26.1. The maximum Gasteiger partial charge on any atom is 0.344 e. The molecule has 5 aromatic rings. The summed E-state index contributed by atoms with van der Waals surface area (Å²) in [5.74, 6) is 0.0569. The fourth-order valence-corrected chi connectivity index (χ4v) is 5.33. The Morgan fingerprint density at radius 2 is 1.38 bits per heavy atom. The number of nitrogens with zero attached hydrogens (tertiary/aromatic N) is 11. The van der Waals surface area contributed by atoms with E-state index in [0.717, 1.165) is 23.1 Å². The normalized spacial score (nSPS) is 17.5. The van der Waals surface area contributed by atoms with Crippen molar-refractivity contribution in [1.82, 2.24) is 49.3 Å². The number of nitrogens with one attached hydrogen (secondary N) is 1. The second kappa shape index (κ2) is 12.1. The van der Waals surface area contributed by atoms with Crippen molar-refractivity contribution in [2.75, 3.05) is 37.6 Å². The quantitative estimate of drug-likeness (QED) is 0.265. The Hall–Kier alpha value is -6.29. The second-order valence-electron chi connectivity index (χ2n) is 10.7. The number of carbonyl (C=O) groups is 2. The molecule has 0 saturated carbocycles. The minimum absolute atomic E-state index is 0.0844. The van der Waals surface area contributed by atoms with Crippen LogP contribution in [0.5, 0.6) is 0 Å². The Morgan fingerprint density at radius 1 is 0.822 bits per heavy atom. The largest absolute Gasteiger partial charge is 0.395 e. The zero-order valence-electron chi connectivity index (χ0n) is 24.0. The number of nitriles is 2. The SMILES string of the molecule is N#CC1CCN(C(=O)n2cc(-c3ccnc(N)c3N)cn2)C1.N#CC1CCN(C(=O)n2cc(-c3ccnc4nc[nH]c34)cn2)C1. The standard InChI is InChI=1S/C15H13N7O.C14H15N7O/c16-5-10-2-4-21(7-10)15(23)22-8-11(6-20-22)12-1-3-17-14-13(12)18-9-19-14;15-5-9-2-4-20(7-9)14(22)21-8-10(6-19-21)11-1-3-18-13(17)12(11)16/h1,3,6,8-10H,2,4,7H2,(H,17,18,19);1,3,6,8-9H,2,4,7,16H2,(H2,17,18). The van der Waals surface area contributed by atoms with Crippen molar-refractivity contribution in [3.63, 3.8) is 0 Å². The molecule has 45 heavy (non-hydrogen) atoms. The highest BCUT2D eigenvalue weighted by Gasteiger charge is 2.28. The van der Waals surface area contributed by atoms with Gasteiger partial charge >= 0.3 is 12.1 Å². The molecule has 2 fully saturated rings. The lowest BCUT2D eigenvalue weighted by Crippen LogP contribution is -2.32. The van der Waals surface area contributed by atoms with Crippen molar-refractivity contribution in [3.8, 4) is 34.4 Å². The number of anilines is 2. The van der Waals surface area contributed by atoms with Crippen molar-refractivity contribution >= 4 is 34.7 Å². The topological polar surface area (TPSA) is 230 Å². The summed E-state index contributed by atoms with van der Waals surface area (Å²) in [6.45, 7) is 2.06. The van der Waals surface area contributed by atoms with Gasteiger partial charge in [0.05, 0.1) is 53.9 Å². The first-order valence-corrected chi connectivity index (χ1v) is 14.1. The van der Waals surface area contributed by atoms with E-state index in [1.54, 1.807) is 59.4 Å². The van der Waals surface area contributed by atoms with Crippen molar-refractivity contribution in [2.45, 2.75) is 12.8 Å². The van der Waals surface area contributed by atoms with E-state index in [0.29, 0.717) is 55.1 Å². The van der Waals surface area contributed by atoms with Crippen LogP contribution in [0.1, 0.15) is 12.8 Å². The number of hydrogen-bond donors (Lipinski definition) is 3. The molecule has 2 aliphatic rings. The number of likely N-dealkylation sites (tertiary alicyclic amines) is 2. The minimum atomic E-state index is -0.246. The van der Waals surface area contributed by atoms with Crippen LogP contribution in [-0.2, 0) is 0 Å². The van der Waals surface area contributed by atoms with E-state index in [9.17, 15) is 9.59 Å². The van der Waals surface area contributed by atoms with Gasteiger partial charge in [-0.05, 0) is 25.0 Å². The molecule has 5 N–H and O–H groups in total. The van der Waals surface area contributed by atoms with E-state index >= 15 is 0 Å². The molecule has 5 aromatic heterocycles. The van der Waals surface area contributed by atoms with Crippen LogP contribution < -0.4 is 11.5 Å². The molecule has 0 radical (unpaired) electrons. The minimum Gasteiger partial charge on any atom is -0.395 e. The molecule has 2 saturated heterocycles. The smallest absolute Gasteiger partial charge is 0.344 e. The summed E-state index contributed by atoms with van der Waals surface area (Å²) in [4.78, 5) is 43.3. The summed E-state index contributed by atoms with van der Waals surface area (Å²) in [5.41, 5.74) is 16.5. The van der Waals surface area contributed by atoms with Crippen LogP contribution in [0.15, 0.2) is 55.6 Å². The van der Waals surface area contributed by atoms with E-state index in [1.807, 2.05) is 6.07 Å². The van der Waals surface area contributed by atoms with Gasteiger partial charge in [0.15, 0.2) is 5.65 Å². The van der Waals surface area contributed by atoms with Gasteiger partial charge in [0.1, 0.15) is 5.82 Å². The lowest BCUT2D eigenvalue weighted by molar-refractivity contribution is 0.205. The fraction of sp³-hybridized carbons (Fsp3) is 0.276. The molecule has 0 aromatic carbocycles. The molecule has 7 rings (SSSR count). The first-order chi connectivity index (χ1) is 21.9. The number of rotatable bonds is 2. The van der Waals surface area contributed by atoms with Crippen molar-refractivity contribution in [1.29, 1.82) is 10.5 Å². The van der Waals surface area contributed by atoms with Crippen LogP contribution in [0, 0.1) is 34.5 Å². The summed E-state index contributed by atoms with van der Waals surface area (Å²) >= 11 is 0. The van der Waals surface area contributed by atoms with Gasteiger partial charge < -0.3 is 26.3 Å². The Balaban J connectivity index is 0.000000159. The Labute approximate surface area is 256 Å². The molecule has 16 heteroatoms. The van der Waals surface area contributed by atoms with Crippen LogP contribution in [-0.4, -0.2) is 87.5 Å². The first-order valence-electron chi connectivity index (χ1n) is 14.1. The van der Waals surface area contributed by atoms with Crippen LogP contribution >= 0.6 is 0 Å². The molecular formula is C29H28N14O2. The molecule has 16 nitrogen and oxygen atoms in total. The monoisotopic (exact) mass is 604 g/mol. The summed E-state index contributed by atoms with van der Waals surface area (Å²) in [6, 6.07) is 7.52. The van der Waals surface area contributed by atoms with E-state index in [4.69, 9.17) is 22.0 Å². The van der Waals surface area contributed by atoms with Crippen LogP contribution in [0.2, 0.25) is 0 Å². The molecular weight excluding hydrogens is 576 g/mol. The predicted octanol–water partition coefficient (Wildman–Crippen LogP) is 2.56. The average molecular weight is 605 g/mol. The van der Waals surface area contributed by atoms with Gasteiger partial charge in [0.2, 0.25) is 0 Å². The highest BCUT2D eigenvalue weighted by Crippen LogP contribution is 2.29. The summed E-state index contributed by atoms with van der Waals surface area (Å²) < 4.78 is 2.57. The maximum atomic E-state index is 12.5. The van der Waals surface area contributed by atoms with Gasteiger partial charge in [0.25, 0.3) is 0 Å². The van der Waals surface area contributed by atoms with Gasteiger partial charge in [-0.2, -0.15) is 30.1 Å². The molecule has 0 bridgehead atoms. The molecule has 0 spiro atoms. The molecule has 2 aliphatic heterocycles. The number of fused-ring (bicyclic) bond motifs is 1. The van der Waals surface area contributed by atoms with Crippen molar-refractivity contribution in [3.05, 3.63) is 55.6 Å². The Bertz CT molecular complexity index is 1960. The number of imidazole rings is 1. The maximum absolute atomic E-state index is 12.5. The lowest BCUT2D eigenvalue weighted by atomic mass is 10.1. The summed E-state index contributed by atoms with van der Waals surface area (Å²) in [6.07, 6.45) is 12.7. The number of aromatic nitrogens is 8. The zero-order chi connectivity index (χ0) is 31.5. The van der Waals surface area contributed by atoms with Gasteiger partial charge in [-0.3, -0.25) is 0 Å². The van der Waals surface area contributed by atoms with Crippen molar-refractivity contribution < 1.29 is 9.59 Å². The number of amides is 2. The first kappa shape index (κ1) is 28.8. The van der Waals surface area contributed by atoms with Crippen LogP contribution in [0.25, 0.3) is 33.4 Å². The second-order valence-corrected chi connectivity index (χ2v) is 10.7. The fourth-order valence-electron chi connectivity index (χ4n) is 5.33. The molecule has 2 atom stereocenters.